The van der Waals surface area contributed by atoms with Crippen molar-refractivity contribution >= 4 is 11.8 Å². The van der Waals surface area contributed by atoms with Gasteiger partial charge in [0.2, 0.25) is 11.8 Å². The quantitative estimate of drug-likeness (QED) is 0.815. The summed E-state index contributed by atoms with van der Waals surface area (Å²) in [7, 11) is 0. The number of nitrogens with two attached hydrogens (primary N) is 1. The molecule has 130 valence electrons. The zero-order valence-electron chi connectivity index (χ0n) is 13.9. The summed E-state index contributed by atoms with van der Waals surface area (Å²) < 4.78 is 5.85. The van der Waals surface area contributed by atoms with Gasteiger partial charge in [0.25, 0.3) is 0 Å². The topological polar surface area (TPSA) is 75.9 Å². The van der Waals surface area contributed by atoms with Crippen LogP contribution in [0.3, 0.4) is 0 Å². The van der Waals surface area contributed by atoms with Crippen LogP contribution in [0.25, 0.3) is 0 Å². The van der Waals surface area contributed by atoms with Crippen LogP contribution in [-0.4, -0.2) is 66.0 Å². The maximum Gasteiger partial charge on any atom is 0.237 e. The number of hydrogen-bond donors (Lipinski definition) is 1. The third kappa shape index (κ3) is 4.04. The molecule has 2 aliphatic carbocycles. The molecule has 2 saturated carbocycles. The summed E-state index contributed by atoms with van der Waals surface area (Å²) in [5.41, 5.74) is 5.40. The SMILES string of the molecule is NC(=O)CN(CC(=O)N1CCO[C@@H]2CCCC[C@@H]21)C1CCCC1. The van der Waals surface area contributed by atoms with E-state index >= 15 is 0 Å². The van der Waals surface area contributed by atoms with Crippen LogP contribution in [0.4, 0.5) is 0 Å². The number of rotatable bonds is 5. The molecule has 6 heteroatoms. The van der Waals surface area contributed by atoms with E-state index in [2.05, 4.69) is 0 Å². The number of hydrogen-bond acceptors (Lipinski definition) is 4. The molecule has 23 heavy (non-hydrogen) atoms. The third-order valence-electron chi connectivity index (χ3n) is 5.59. The van der Waals surface area contributed by atoms with Gasteiger partial charge >= 0.3 is 0 Å². The normalized spacial score (nSPS) is 28.8. The lowest BCUT2D eigenvalue weighted by molar-refractivity contribution is -0.151. The van der Waals surface area contributed by atoms with Crippen molar-refractivity contribution < 1.29 is 14.3 Å². The van der Waals surface area contributed by atoms with Crippen LogP contribution < -0.4 is 5.73 Å². The van der Waals surface area contributed by atoms with E-state index in [0.717, 1.165) is 25.7 Å². The van der Waals surface area contributed by atoms with Gasteiger partial charge in [0.1, 0.15) is 0 Å². The molecule has 0 bridgehead atoms. The van der Waals surface area contributed by atoms with E-state index in [1.807, 2.05) is 9.80 Å². The number of nitrogens with zero attached hydrogens (tertiary/aromatic N) is 2. The Morgan fingerprint density at radius 3 is 2.48 bits per heavy atom. The molecule has 3 fully saturated rings. The smallest absolute Gasteiger partial charge is 0.237 e. The van der Waals surface area contributed by atoms with Crippen molar-refractivity contribution in [1.82, 2.24) is 9.80 Å². The molecule has 3 aliphatic rings. The molecule has 3 rings (SSSR count). The second-order valence-electron chi connectivity index (χ2n) is 7.16. The summed E-state index contributed by atoms with van der Waals surface area (Å²) >= 11 is 0. The molecule has 2 N–H and O–H groups in total. The highest BCUT2D eigenvalue weighted by Gasteiger charge is 2.37. The molecule has 0 radical (unpaired) electrons. The van der Waals surface area contributed by atoms with Gasteiger partial charge in [-0.25, -0.2) is 0 Å². The predicted molar refractivity (Wildman–Crippen MR) is 86.7 cm³/mol. The number of amides is 2. The Hall–Kier alpha value is -1.14. The van der Waals surface area contributed by atoms with Gasteiger partial charge in [0.05, 0.1) is 31.8 Å². The van der Waals surface area contributed by atoms with Gasteiger partial charge in [-0.3, -0.25) is 14.5 Å². The van der Waals surface area contributed by atoms with Crippen LogP contribution in [0, 0.1) is 0 Å². The largest absolute Gasteiger partial charge is 0.374 e. The zero-order valence-corrected chi connectivity index (χ0v) is 13.9. The Kier molecular flexibility index (Phi) is 5.54. The molecule has 0 aromatic carbocycles. The molecule has 2 amide bonds. The maximum absolute atomic E-state index is 12.9. The van der Waals surface area contributed by atoms with Gasteiger partial charge in [-0.15, -0.1) is 0 Å². The van der Waals surface area contributed by atoms with Gasteiger partial charge in [-0.05, 0) is 25.7 Å². The highest BCUT2D eigenvalue weighted by molar-refractivity contribution is 5.81. The Morgan fingerprint density at radius 2 is 1.74 bits per heavy atom. The van der Waals surface area contributed by atoms with Crippen molar-refractivity contribution in [1.29, 1.82) is 0 Å². The lowest BCUT2D eigenvalue weighted by Gasteiger charge is -2.44. The molecule has 2 atom stereocenters. The van der Waals surface area contributed by atoms with Gasteiger partial charge in [0.15, 0.2) is 0 Å². The maximum atomic E-state index is 12.9. The zero-order chi connectivity index (χ0) is 16.2. The van der Waals surface area contributed by atoms with E-state index in [4.69, 9.17) is 10.5 Å². The van der Waals surface area contributed by atoms with Gasteiger partial charge in [-0.2, -0.15) is 0 Å². The van der Waals surface area contributed by atoms with Crippen molar-refractivity contribution in [3.8, 4) is 0 Å². The second-order valence-corrected chi connectivity index (χ2v) is 7.16. The summed E-state index contributed by atoms with van der Waals surface area (Å²) in [6.07, 6.45) is 9.15. The van der Waals surface area contributed by atoms with Crippen molar-refractivity contribution in [2.45, 2.75) is 69.6 Å². The van der Waals surface area contributed by atoms with Crippen LogP contribution >= 0.6 is 0 Å². The Labute approximate surface area is 138 Å². The summed E-state index contributed by atoms with van der Waals surface area (Å²) in [6, 6.07) is 0.554. The van der Waals surface area contributed by atoms with E-state index in [9.17, 15) is 9.59 Å². The number of carbonyl (C=O) groups is 2. The van der Waals surface area contributed by atoms with E-state index in [1.165, 1.54) is 25.7 Å². The fraction of sp³-hybridized carbons (Fsp3) is 0.882. The van der Waals surface area contributed by atoms with E-state index in [-0.39, 0.29) is 30.5 Å². The molecule has 1 aliphatic heterocycles. The minimum absolute atomic E-state index is 0.137. The Bertz CT molecular complexity index is 435. The number of fused-ring (bicyclic) bond motifs is 1. The average molecular weight is 323 g/mol. The molecule has 6 nitrogen and oxygen atoms in total. The van der Waals surface area contributed by atoms with Gasteiger partial charge in [0, 0.05) is 12.6 Å². The Balaban J connectivity index is 1.63. The lowest BCUT2D eigenvalue weighted by Crippen LogP contribution is -2.57. The number of ether oxygens (including phenoxy) is 1. The molecule has 0 unspecified atom stereocenters. The average Bonchev–Trinajstić information content (AvgIpc) is 3.07. The van der Waals surface area contributed by atoms with Crippen molar-refractivity contribution in [3.05, 3.63) is 0 Å². The molecular weight excluding hydrogens is 294 g/mol. The van der Waals surface area contributed by atoms with E-state index < -0.39 is 0 Å². The first-order chi connectivity index (χ1) is 11.1. The first kappa shape index (κ1) is 16.7. The predicted octanol–water partition coefficient (Wildman–Crippen LogP) is 0.886. The third-order valence-corrected chi connectivity index (χ3v) is 5.59. The monoisotopic (exact) mass is 323 g/mol. The summed E-state index contributed by atoms with van der Waals surface area (Å²) in [6.45, 7) is 1.81. The van der Waals surface area contributed by atoms with Gasteiger partial charge < -0.3 is 15.4 Å². The fourth-order valence-corrected chi connectivity index (χ4v) is 4.45. The highest BCUT2D eigenvalue weighted by Crippen LogP contribution is 2.29. The Morgan fingerprint density at radius 1 is 1.04 bits per heavy atom. The molecule has 0 spiro atoms. The summed E-state index contributed by atoms with van der Waals surface area (Å²) in [4.78, 5) is 28.3. The minimum Gasteiger partial charge on any atom is -0.374 e. The fourth-order valence-electron chi connectivity index (χ4n) is 4.45. The number of primary amides is 1. The first-order valence-electron chi connectivity index (χ1n) is 9.08. The van der Waals surface area contributed by atoms with E-state index in [0.29, 0.717) is 25.7 Å². The van der Waals surface area contributed by atoms with Crippen LogP contribution in [0.15, 0.2) is 0 Å². The lowest BCUT2D eigenvalue weighted by atomic mass is 9.90. The first-order valence-corrected chi connectivity index (χ1v) is 9.08. The molecule has 1 heterocycles. The van der Waals surface area contributed by atoms with Crippen LogP contribution in [0.2, 0.25) is 0 Å². The molecule has 0 aromatic heterocycles. The van der Waals surface area contributed by atoms with Crippen LogP contribution in [0.1, 0.15) is 51.4 Å². The van der Waals surface area contributed by atoms with Crippen molar-refractivity contribution in [2.75, 3.05) is 26.2 Å². The number of carbonyl (C=O) groups excluding carboxylic acids is 2. The highest BCUT2D eigenvalue weighted by atomic mass is 16.5. The van der Waals surface area contributed by atoms with Crippen molar-refractivity contribution in [2.24, 2.45) is 5.73 Å². The van der Waals surface area contributed by atoms with Gasteiger partial charge in [-0.1, -0.05) is 25.7 Å². The summed E-state index contributed by atoms with van der Waals surface area (Å²) in [5.74, 6) is -0.208. The number of morpholine rings is 1. The standard InChI is InChI=1S/C17H29N3O3/c18-16(21)11-19(13-5-1-2-6-13)12-17(22)20-9-10-23-15-8-4-3-7-14(15)20/h13-15H,1-12H2,(H2,18,21)/t14-,15+/m0/s1. The second kappa shape index (κ2) is 7.62. The van der Waals surface area contributed by atoms with Crippen LogP contribution in [-0.2, 0) is 14.3 Å². The molecule has 1 saturated heterocycles. The molecule has 0 aromatic rings. The minimum atomic E-state index is -0.345. The molecular formula is C17H29N3O3. The van der Waals surface area contributed by atoms with Crippen LogP contribution in [0.5, 0.6) is 0 Å². The van der Waals surface area contributed by atoms with Crippen molar-refractivity contribution in [3.63, 3.8) is 0 Å². The summed E-state index contributed by atoms with van der Waals surface area (Å²) in [5, 5.41) is 0. The van der Waals surface area contributed by atoms with E-state index in [1.54, 1.807) is 0 Å².